The zero-order valence-electron chi connectivity index (χ0n) is 11.9. The zero-order chi connectivity index (χ0) is 15.0. The Morgan fingerprint density at radius 1 is 1.35 bits per heavy atom. The van der Waals surface area contributed by atoms with Crippen molar-refractivity contribution in [2.24, 2.45) is 5.73 Å². The Balaban J connectivity index is 2.25. The first-order valence-electron chi connectivity index (χ1n) is 6.80. The molecule has 20 heavy (non-hydrogen) atoms. The molecule has 0 aliphatic carbocycles. The average Bonchev–Trinajstić information content (AvgIpc) is 2.38. The first-order chi connectivity index (χ1) is 9.22. The Morgan fingerprint density at radius 2 is 1.95 bits per heavy atom. The minimum Gasteiger partial charge on any atom is -0.390 e. The van der Waals surface area contributed by atoms with Gasteiger partial charge in [0.1, 0.15) is 0 Å². The molecule has 5 nitrogen and oxygen atoms in total. The van der Waals surface area contributed by atoms with Crippen LogP contribution in [0.15, 0.2) is 29.2 Å². The van der Waals surface area contributed by atoms with Crippen molar-refractivity contribution in [1.29, 1.82) is 0 Å². The molecule has 1 atom stereocenters. The maximum absolute atomic E-state index is 12.6. The van der Waals surface area contributed by atoms with Gasteiger partial charge < -0.3 is 10.8 Å². The molecule has 0 saturated carbocycles. The highest BCUT2D eigenvalue weighted by Crippen LogP contribution is 2.27. The Kier molecular flexibility index (Phi) is 4.20. The van der Waals surface area contributed by atoms with Gasteiger partial charge in [0.05, 0.1) is 10.5 Å². The fraction of sp³-hybridized carbons (Fsp3) is 0.571. The van der Waals surface area contributed by atoms with Crippen LogP contribution in [0.5, 0.6) is 0 Å². The number of hydrogen-bond donors (Lipinski definition) is 2. The van der Waals surface area contributed by atoms with Crippen LogP contribution in [-0.4, -0.2) is 36.5 Å². The van der Waals surface area contributed by atoms with E-state index in [9.17, 15) is 13.5 Å². The smallest absolute Gasteiger partial charge is 0.243 e. The lowest BCUT2D eigenvalue weighted by molar-refractivity contribution is 0.0126. The van der Waals surface area contributed by atoms with E-state index < -0.39 is 15.6 Å². The zero-order valence-corrected chi connectivity index (χ0v) is 12.7. The lowest BCUT2D eigenvalue weighted by Gasteiger charge is -2.35. The summed E-state index contributed by atoms with van der Waals surface area (Å²) in [6.45, 7) is 4.26. The highest BCUT2D eigenvalue weighted by Gasteiger charge is 2.34. The second-order valence-electron chi connectivity index (χ2n) is 5.76. The molecular weight excluding hydrogens is 276 g/mol. The number of piperidine rings is 1. The summed E-state index contributed by atoms with van der Waals surface area (Å²) < 4.78 is 26.6. The summed E-state index contributed by atoms with van der Waals surface area (Å²) in [5.74, 6) is 0. The van der Waals surface area contributed by atoms with Gasteiger partial charge >= 0.3 is 0 Å². The normalized spacial score (nSPS) is 21.6. The summed E-state index contributed by atoms with van der Waals surface area (Å²) >= 11 is 0. The fourth-order valence-corrected chi connectivity index (χ4v) is 3.81. The van der Waals surface area contributed by atoms with Crippen molar-refractivity contribution >= 4 is 10.0 Å². The van der Waals surface area contributed by atoms with E-state index in [0.29, 0.717) is 25.9 Å². The van der Waals surface area contributed by atoms with Gasteiger partial charge in [0.15, 0.2) is 0 Å². The van der Waals surface area contributed by atoms with Crippen molar-refractivity contribution in [1.82, 2.24) is 4.31 Å². The van der Waals surface area contributed by atoms with Crippen LogP contribution < -0.4 is 5.73 Å². The summed E-state index contributed by atoms with van der Waals surface area (Å²) in [4.78, 5) is 0.272. The lowest BCUT2D eigenvalue weighted by atomic mass is 9.95. The van der Waals surface area contributed by atoms with Crippen LogP contribution in [-0.2, 0) is 10.0 Å². The predicted molar refractivity (Wildman–Crippen MR) is 77.7 cm³/mol. The van der Waals surface area contributed by atoms with E-state index in [1.807, 2.05) is 13.0 Å². The molecule has 1 saturated heterocycles. The molecule has 0 bridgehead atoms. The predicted octanol–water partition coefficient (Wildman–Crippen LogP) is 1.24. The lowest BCUT2D eigenvalue weighted by Crippen LogP contribution is -2.45. The van der Waals surface area contributed by atoms with Gasteiger partial charge in [-0.25, -0.2) is 8.42 Å². The Labute approximate surface area is 120 Å². The van der Waals surface area contributed by atoms with Crippen molar-refractivity contribution in [3.05, 3.63) is 29.8 Å². The van der Waals surface area contributed by atoms with Crippen molar-refractivity contribution < 1.29 is 13.5 Å². The summed E-state index contributed by atoms with van der Waals surface area (Å²) in [6, 6.07) is 6.56. The molecule has 1 aromatic carbocycles. The number of nitrogens with two attached hydrogens (primary N) is 1. The molecule has 1 aromatic rings. The number of rotatable bonds is 3. The quantitative estimate of drug-likeness (QED) is 0.879. The van der Waals surface area contributed by atoms with E-state index in [4.69, 9.17) is 5.73 Å². The van der Waals surface area contributed by atoms with Crippen LogP contribution in [0.2, 0.25) is 0 Å². The van der Waals surface area contributed by atoms with E-state index in [1.165, 1.54) is 4.31 Å². The minimum atomic E-state index is -3.50. The molecular formula is C14H22N2O3S. The molecule has 0 aromatic heterocycles. The Bertz CT molecular complexity index is 572. The van der Waals surface area contributed by atoms with E-state index >= 15 is 0 Å². The van der Waals surface area contributed by atoms with Gasteiger partial charge in [0.2, 0.25) is 10.0 Å². The Hall–Kier alpha value is -0.950. The summed E-state index contributed by atoms with van der Waals surface area (Å²) in [7, 11) is -3.50. The summed E-state index contributed by atoms with van der Waals surface area (Å²) in [6.07, 6.45) is 0.915. The third kappa shape index (κ3) is 3.20. The molecule has 1 unspecified atom stereocenters. The second-order valence-corrected chi connectivity index (χ2v) is 7.70. The highest BCUT2D eigenvalue weighted by atomic mass is 32.2. The van der Waals surface area contributed by atoms with Gasteiger partial charge in [-0.3, -0.25) is 0 Å². The highest BCUT2D eigenvalue weighted by molar-refractivity contribution is 7.89. The van der Waals surface area contributed by atoms with E-state index in [2.05, 4.69) is 0 Å². The van der Waals surface area contributed by atoms with Crippen molar-refractivity contribution in [3.8, 4) is 0 Å². The molecule has 112 valence electrons. The molecule has 3 N–H and O–H groups in total. The average molecular weight is 298 g/mol. The molecule has 6 heteroatoms. The maximum Gasteiger partial charge on any atom is 0.243 e. The molecule has 0 radical (unpaired) electrons. The van der Waals surface area contributed by atoms with Gasteiger partial charge in [-0.1, -0.05) is 12.1 Å². The molecule has 1 aliphatic rings. The number of hydrogen-bond acceptors (Lipinski definition) is 4. The number of sulfonamides is 1. The van der Waals surface area contributed by atoms with E-state index in [-0.39, 0.29) is 10.9 Å². The van der Waals surface area contributed by atoms with Gasteiger partial charge in [0.25, 0.3) is 0 Å². The van der Waals surface area contributed by atoms with Crippen molar-refractivity contribution in [3.63, 3.8) is 0 Å². The van der Waals surface area contributed by atoms with Crippen LogP contribution in [0.3, 0.4) is 0 Å². The number of benzene rings is 1. The SMILES string of the molecule is CC(N)c1cccc(S(=O)(=O)N2CCC(C)(O)CC2)c1. The fourth-order valence-electron chi connectivity index (χ4n) is 2.32. The monoisotopic (exact) mass is 298 g/mol. The molecule has 1 heterocycles. The van der Waals surface area contributed by atoms with E-state index in [0.717, 1.165) is 5.56 Å². The molecule has 0 amide bonds. The van der Waals surface area contributed by atoms with Crippen LogP contribution in [0.1, 0.15) is 38.3 Å². The number of aliphatic hydroxyl groups is 1. The van der Waals surface area contributed by atoms with Crippen LogP contribution in [0, 0.1) is 0 Å². The third-order valence-corrected chi connectivity index (χ3v) is 5.72. The second kappa shape index (κ2) is 5.44. The maximum atomic E-state index is 12.6. The standard InChI is InChI=1S/C14H22N2O3S/c1-11(15)12-4-3-5-13(10-12)20(18,19)16-8-6-14(2,17)7-9-16/h3-5,10-11,17H,6-9,15H2,1-2H3. The first-order valence-corrected chi connectivity index (χ1v) is 8.24. The Morgan fingerprint density at radius 3 is 2.50 bits per heavy atom. The van der Waals surface area contributed by atoms with E-state index in [1.54, 1.807) is 25.1 Å². The van der Waals surface area contributed by atoms with Gasteiger partial charge in [0, 0.05) is 19.1 Å². The summed E-state index contributed by atoms with van der Waals surface area (Å²) in [5.41, 5.74) is 5.84. The topological polar surface area (TPSA) is 83.6 Å². The van der Waals surface area contributed by atoms with Crippen LogP contribution >= 0.6 is 0 Å². The molecule has 0 spiro atoms. The number of nitrogens with zero attached hydrogens (tertiary/aromatic N) is 1. The molecule has 2 rings (SSSR count). The van der Waals surface area contributed by atoms with Gasteiger partial charge in [-0.15, -0.1) is 0 Å². The van der Waals surface area contributed by atoms with Crippen LogP contribution in [0.4, 0.5) is 0 Å². The van der Waals surface area contributed by atoms with Gasteiger partial charge in [-0.05, 0) is 44.4 Å². The third-order valence-electron chi connectivity index (χ3n) is 3.82. The van der Waals surface area contributed by atoms with Crippen LogP contribution in [0.25, 0.3) is 0 Å². The van der Waals surface area contributed by atoms with Gasteiger partial charge in [-0.2, -0.15) is 4.31 Å². The molecule has 1 fully saturated rings. The van der Waals surface area contributed by atoms with Crippen molar-refractivity contribution in [2.75, 3.05) is 13.1 Å². The minimum absolute atomic E-state index is 0.202. The van der Waals surface area contributed by atoms with Crippen molar-refractivity contribution in [2.45, 2.75) is 43.2 Å². The first kappa shape index (κ1) is 15.4. The summed E-state index contributed by atoms with van der Waals surface area (Å²) in [5, 5.41) is 9.91. The largest absolute Gasteiger partial charge is 0.390 e. The molecule has 1 aliphatic heterocycles.